The minimum atomic E-state index is -3.98. The zero-order valence-electron chi connectivity index (χ0n) is 15.0. The molecule has 9 heteroatoms. The Balaban J connectivity index is 2.25. The molecule has 0 saturated carbocycles. The maximum absolute atomic E-state index is 12.6. The second kappa shape index (κ2) is 8.54. The number of methoxy groups -OCH3 is 2. The van der Waals surface area contributed by atoms with E-state index in [-0.39, 0.29) is 16.1 Å². The third kappa shape index (κ3) is 4.98. The normalized spacial score (nSPS) is 12.0. The van der Waals surface area contributed by atoms with Crippen molar-refractivity contribution in [2.45, 2.75) is 17.9 Å². The second-order valence-corrected chi connectivity index (χ2v) is 7.09. The van der Waals surface area contributed by atoms with E-state index in [4.69, 9.17) is 9.47 Å². The molecule has 1 N–H and O–H groups in total. The number of anilines is 1. The molecule has 0 heterocycles. The third-order valence-corrected chi connectivity index (χ3v) is 4.91. The van der Waals surface area contributed by atoms with Gasteiger partial charge < -0.3 is 14.2 Å². The molecule has 0 spiro atoms. The molecule has 0 amide bonds. The lowest BCUT2D eigenvalue weighted by Crippen LogP contribution is -2.25. The van der Waals surface area contributed by atoms with Crippen LogP contribution in [0.5, 0.6) is 5.75 Å². The molecule has 0 fully saturated rings. The van der Waals surface area contributed by atoms with E-state index in [1.807, 2.05) is 0 Å². The summed E-state index contributed by atoms with van der Waals surface area (Å²) in [5.41, 5.74) is 0.237. The van der Waals surface area contributed by atoms with Gasteiger partial charge in [-0.15, -0.1) is 0 Å². The Morgan fingerprint density at radius 3 is 2.41 bits per heavy atom. The van der Waals surface area contributed by atoms with Crippen LogP contribution in [0.15, 0.2) is 53.4 Å². The van der Waals surface area contributed by atoms with Gasteiger partial charge in [-0.05, 0) is 37.3 Å². The molecule has 0 bridgehead atoms. The molecule has 1 atom stereocenters. The largest absolute Gasteiger partial charge is 0.495 e. The number of hydrogen-bond acceptors (Lipinski definition) is 7. The van der Waals surface area contributed by atoms with Gasteiger partial charge in [-0.1, -0.05) is 18.2 Å². The Morgan fingerprint density at radius 2 is 1.74 bits per heavy atom. The molecule has 0 saturated heterocycles. The topological polar surface area (TPSA) is 108 Å². The van der Waals surface area contributed by atoms with Crippen LogP contribution in [0.25, 0.3) is 0 Å². The van der Waals surface area contributed by atoms with Crippen molar-refractivity contribution in [1.82, 2.24) is 0 Å². The van der Waals surface area contributed by atoms with Crippen LogP contribution in [-0.2, 0) is 24.3 Å². The van der Waals surface area contributed by atoms with Gasteiger partial charge in [-0.2, -0.15) is 0 Å². The van der Waals surface area contributed by atoms with Gasteiger partial charge in [0.15, 0.2) is 6.10 Å². The van der Waals surface area contributed by atoms with Gasteiger partial charge in [0, 0.05) is 0 Å². The molecule has 144 valence electrons. The van der Waals surface area contributed by atoms with Crippen LogP contribution >= 0.6 is 0 Å². The van der Waals surface area contributed by atoms with Crippen LogP contribution in [0.3, 0.4) is 0 Å². The predicted octanol–water partition coefficient (Wildman–Crippen LogP) is 2.21. The molecule has 2 rings (SSSR count). The summed E-state index contributed by atoms with van der Waals surface area (Å²) in [7, 11) is -1.39. The van der Waals surface area contributed by atoms with Crippen LogP contribution in [0.2, 0.25) is 0 Å². The van der Waals surface area contributed by atoms with E-state index in [0.717, 1.165) is 6.07 Å². The highest BCUT2D eigenvalue weighted by Gasteiger charge is 2.22. The van der Waals surface area contributed by atoms with E-state index in [1.165, 1.54) is 39.3 Å². The maximum atomic E-state index is 12.6. The van der Waals surface area contributed by atoms with Crippen molar-refractivity contribution < 1.29 is 32.2 Å². The summed E-state index contributed by atoms with van der Waals surface area (Å²) in [5, 5.41) is 0. The van der Waals surface area contributed by atoms with Crippen molar-refractivity contribution >= 4 is 27.6 Å². The molecule has 0 aromatic heterocycles. The first-order valence-corrected chi connectivity index (χ1v) is 9.31. The summed E-state index contributed by atoms with van der Waals surface area (Å²) >= 11 is 0. The first-order chi connectivity index (χ1) is 12.8. The van der Waals surface area contributed by atoms with E-state index in [0.29, 0.717) is 5.75 Å². The number of hydrogen-bond donors (Lipinski definition) is 1. The van der Waals surface area contributed by atoms with Crippen molar-refractivity contribution in [3.63, 3.8) is 0 Å². The van der Waals surface area contributed by atoms with Gasteiger partial charge in [-0.25, -0.2) is 18.0 Å². The second-order valence-electron chi connectivity index (χ2n) is 5.40. The molecule has 0 aliphatic rings. The fraction of sp³-hybridized carbons (Fsp3) is 0.222. The molecule has 0 aliphatic heterocycles. The van der Waals surface area contributed by atoms with Crippen molar-refractivity contribution in [2.24, 2.45) is 0 Å². The summed E-state index contributed by atoms with van der Waals surface area (Å²) in [4.78, 5) is 23.4. The average molecular weight is 393 g/mol. The van der Waals surface area contributed by atoms with Gasteiger partial charge >= 0.3 is 11.9 Å². The third-order valence-electron chi connectivity index (χ3n) is 3.55. The zero-order valence-corrected chi connectivity index (χ0v) is 15.8. The quantitative estimate of drug-likeness (QED) is 0.719. The van der Waals surface area contributed by atoms with Gasteiger partial charge in [0.25, 0.3) is 10.0 Å². The van der Waals surface area contributed by atoms with E-state index in [9.17, 15) is 18.0 Å². The van der Waals surface area contributed by atoms with Crippen molar-refractivity contribution in [1.29, 1.82) is 0 Å². The molecule has 27 heavy (non-hydrogen) atoms. The van der Waals surface area contributed by atoms with Crippen molar-refractivity contribution in [3.8, 4) is 5.75 Å². The van der Waals surface area contributed by atoms with Crippen molar-refractivity contribution in [3.05, 3.63) is 54.1 Å². The van der Waals surface area contributed by atoms with Crippen molar-refractivity contribution in [2.75, 3.05) is 18.9 Å². The highest BCUT2D eigenvalue weighted by molar-refractivity contribution is 7.92. The van der Waals surface area contributed by atoms with Gasteiger partial charge in [0.05, 0.1) is 30.4 Å². The Morgan fingerprint density at radius 1 is 1.04 bits per heavy atom. The Labute approximate surface area is 157 Å². The molecular formula is C18H19NO7S. The van der Waals surface area contributed by atoms with Gasteiger partial charge in [-0.3, -0.25) is 4.72 Å². The number of esters is 2. The van der Waals surface area contributed by atoms with E-state index in [1.54, 1.807) is 24.3 Å². The van der Waals surface area contributed by atoms with Crippen LogP contribution in [-0.4, -0.2) is 40.7 Å². The fourth-order valence-electron chi connectivity index (χ4n) is 2.17. The summed E-state index contributed by atoms with van der Waals surface area (Å²) in [5.74, 6) is -1.21. The van der Waals surface area contributed by atoms with Gasteiger partial charge in [0.2, 0.25) is 0 Å². The number of benzene rings is 2. The SMILES string of the molecule is COC(=O)[C@H](C)OC(=O)c1cccc(S(=O)(=O)Nc2ccccc2OC)c1. The standard InChI is InChI=1S/C18H19NO7S/c1-12(17(20)25-3)26-18(21)13-7-6-8-14(11-13)27(22,23)19-15-9-4-5-10-16(15)24-2/h4-12,19H,1-3H3/t12-/m0/s1. The molecule has 2 aromatic carbocycles. The van der Waals surface area contributed by atoms with Crippen LogP contribution in [0.4, 0.5) is 5.69 Å². The monoisotopic (exact) mass is 393 g/mol. The number of nitrogens with one attached hydrogen (secondary N) is 1. The first kappa shape index (κ1) is 20.2. The Hall–Kier alpha value is -3.07. The van der Waals surface area contributed by atoms with E-state index < -0.39 is 28.1 Å². The molecule has 8 nitrogen and oxygen atoms in total. The first-order valence-electron chi connectivity index (χ1n) is 7.83. The number of sulfonamides is 1. The highest BCUT2D eigenvalue weighted by Crippen LogP contribution is 2.26. The summed E-state index contributed by atoms with van der Waals surface area (Å²) in [6.07, 6.45) is -1.12. The van der Waals surface area contributed by atoms with E-state index >= 15 is 0 Å². The highest BCUT2D eigenvalue weighted by atomic mass is 32.2. The minimum Gasteiger partial charge on any atom is -0.495 e. The minimum absolute atomic E-state index is 0.0198. The van der Waals surface area contributed by atoms with Gasteiger partial charge in [0.1, 0.15) is 5.75 Å². The average Bonchev–Trinajstić information content (AvgIpc) is 2.67. The summed E-state index contributed by atoms with van der Waals surface area (Å²) in [6, 6.07) is 11.8. The lowest BCUT2D eigenvalue weighted by molar-refractivity contribution is -0.149. The number of carbonyl (C=O) groups excluding carboxylic acids is 2. The lowest BCUT2D eigenvalue weighted by atomic mass is 10.2. The number of ether oxygens (including phenoxy) is 3. The lowest BCUT2D eigenvalue weighted by Gasteiger charge is -2.13. The Kier molecular flexibility index (Phi) is 6.40. The molecule has 2 aromatic rings. The fourth-order valence-corrected chi connectivity index (χ4v) is 3.28. The molecule has 0 radical (unpaired) electrons. The van der Waals surface area contributed by atoms with Crippen LogP contribution in [0, 0.1) is 0 Å². The molecule has 0 aliphatic carbocycles. The Bertz CT molecular complexity index is 940. The predicted molar refractivity (Wildman–Crippen MR) is 97.1 cm³/mol. The number of para-hydroxylation sites is 2. The molecule has 0 unspecified atom stereocenters. The molecular weight excluding hydrogens is 374 g/mol. The summed E-state index contributed by atoms with van der Waals surface area (Å²) in [6.45, 7) is 1.35. The number of rotatable bonds is 7. The maximum Gasteiger partial charge on any atom is 0.346 e. The number of carbonyl (C=O) groups is 2. The smallest absolute Gasteiger partial charge is 0.346 e. The van der Waals surface area contributed by atoms with Crippen LogP contribution < -0.4 is 9.46 Å². The zero-order chi connectivity index (χ0) is 20.0. The van der Waals surface area contributed by atoms with E-state index in [2.05, 4.69) is 9.46 Å². The summed E-state index contributed by atoms with van der Waals surface area (Å²) < 4.78 is 42.2. The van der Waals surface area contributed by atoms with Crippen LogP contribution in [0.1, 0.15) is 17.3 Å².